The molecule has 6 heteroatoms. The highest BCUT2D eigenvalue weighted by Gasteiger charge is 2.55. The van der Waals surface area contributed by atoms with Gasteiger partial charge in [-0.1, -0.05) is 55.0 Å². The first-order valence-corrected chi connectivity index (χ1v) is 11.7. The summed E-state index contributed by atoms with van der Waals surface area (Å²) < 4.78 is 27.2. The summed E-state index contributed by atoms with van der Waals surface area (Å²) in [6.07, 6.45) is 4.84. The molecule has 0 aromatic heterocycles. The Balaban J connectivity index is 1.57. The molecule has 0 bridgehead atoms. The van der Waals surface area contributed by atoms with Gasteiger partial charge in [0.1, 0.15) is 6.04 Å². The molecule has 2 aromatic rings. The zero-order chi connectivity index (χ0) is 21.1. The van der Waals surface area contributed by atoms with Crippen LogP contribution in [0.25, 0.3) is 0 Å². The molecule has 1 saturated carbocycles. The van der Waals surface area contributed by atoms with Gasteiger partial charge in [-0.2, -0.15) is 9.57 Å². The first kappa shape index (κ1) is 20.6. The number of nitrogens with zero attached hydrogens (tertiary/aromatic N) is 2. The summed E-state index contributed by atoms with van der Waals surface area (Å²) in [6.45, 7) is -0.349. The number of hydrogen-bond acceptors (Lipinski definition) is 4. The normalized spacial score (nSPS) is 24.5. The fourth-order valence-corrected chi connectivity index (χ4v) is 6.23. The van der Waals surface area contributed by atoms with E-state index in [4.69, 9.17) is 0 Å². The third kappa shape index (κ3) is 3.75. The number of sulfonamides is 1. The summed E-state index contributed by atoms with van der Waals surface area (Å²) in [6, 6.07) is 16.2. The number of aliphatic hydroxyl groups excluding tert-OH is 1. The Morgan fingerprint density at radius 1 is 1.03 bits per heavy atom. The average molecular weight is 421 g/mol. The molecule has 3 atom stereocenters. The fourth-order valence-electron chi connectivity index (χ4n) is 4.45. The van der Waals surface area contributed by atoms with Crippen molar-refractivity contribution in [1.29, 1.82) is 5.26 Å². The molecule has 0 radical (unpaired) electrons. The molecule has 4 rings (SSSR count). The lowest BCUT2D eigenvalue weighted by Crippen LogP contribution is -2.64. The van der Waals surface area contributed by atoms with E-state index in [9.17, 15) is 18.8 Å². The zero-order valence-corrected chi connectivity index (χ0v) is 17.4. The predicted molar refractivity (Wildman–Crippen MR) is 114 cm³/mol. The van der Waals surface area contributed by atoms with Crippen molar-refractivity contribution in [3.05, 3.63) is 65.7 Å². The van der Waals surface area contributed by atoms with E-state index < -0.39 is 22.1 Å². The lowest BCUT2D eigenvalue weighted by Gasteiger charge is -2.50. The maximum Gasteiger partial charge on any atom is 0.244 e. The summed E-state index contributed by atoms with van der Waals surface area (Å²) in [5.41, 5.74) is 1.75. The molecular formula is C24H24N2O3S. The van der Waals surface area contributed by atoms with Crippen LogP contribution in [0.2, 0.25) is 0 Å². The Kier molecular flexibility index (Phi) is 5.92. The number of aliphatic hydroxyl groups is 1. The molecule has 1 heterocycles. The van der Waals surface area contributed by atoms with Crippen molar-refractivity contribution in [2.24, 2.45) is 5.92 Å². The smallest absolute Gasteiger partial charge is 0.244 e. The summed E-state index contributed by atoms with van der Waals surface area (Å²) >= 11 is 0. The summed E-state index contributed by atoms with van der Waals surface area (Å²) in [7, 11) is -3.86. The van der Waals surface area contributed by atoms with Crippen LogP contribution in [0.15, 0.2) is 59.5 Å². The molecule has 2 fully saturated rings. The molecule has 5 nitrogen and oxygen atoms in total. The van der Waals surface area contributed by atoms with Gasteiger partial charge in [0.2, 0.25) is 10.0 Å². The monoisotopic (exact) mass is 420 g/mol. The van der Waals surface area contributed by atoms with E-state index in [1.165, 1.54) is 37.8 Å². The molecule has 0 amide bonds. The van der Waals surface area contributed by atoms with Crippen molar-refractivity contribution >= 4 is 10.0 Å². The molecule has 0 spiro atoms. The highest BCUT2D eigenvalue weighted by molar-refractivity contribution is 7.89. The first-order valence-electron chi connectivity index (χ1n) is 10.3. The van der Waals surface area contributed by atoms with E-state index >= 15 is 0 Å². The van der Waals surface area contributed by atoms with Gasteiger partial charge >= 0.3 is 0 Å². The molecule has 2 aromatic carbocycles. The zero-order valence-electron chi connectivity index (χ0n) is 16.6. The minimum Gasteiger partial charge on any atom is -0.395 e. The van der Waals surface area contributed by atoms with Crippen molar-refractivity contribution in [1.82, 2.24) is 4.31 Å². The van der Waals surface area contributed by atoms with E-state index in [2.05, 4.69) is 17.9 Å². The quantitative estimate of drug-likeness (QED) is 0.770. The van der Waals surface area contributed by atoms with Gasteiger partial charge in [0.25, 0.3) is 0 Å². The molecular weight excluding hydrogens is 396 g/mol. The Hall–Kier alpha value is -2.64. The van der Waals surface area contributed by atoms with Crippen LogP contribution in [0, 0.1) is 29.1 Å². The molecule has 1 aliphatic heterocycles. The van der Waals surface area contributed by atoms with Gasteiger partial charge in [-0.15, -0.1) is 0 Å². The SMILES string of the molecule is N#C[C@@H]1[C@H](c2ccc(C#CC3CCCC3)cc2)[C@H](CO)N1S(=O)(=O)c1ccccc1. The van der Waals surface area contributed by atoms with Gasteiger partial charge in [0.15, 0.2) is 0 Å². The van der Waals surface area contributed by atoms with Gasteiger partial charge in [-0.3, -0.25) is 0 Å². The first-order chi connectivity index (χ1) is 14.6. The van der Waals surface area contributed by atoms with Gasteiger partial charge < -0.3 is 5.11 Å². The molecule has 2 aliphatic rings. The Labute approximate surface area is 178 Å². The second kappa shape index (κ2) is 8.62. The standard InChI is InChI=1S/C24H24N2O3S/c25-16-22-24(20-14-12-19(13-15-20)11-10-18-6-4-5-7-18)23(17-27)26(22)30(28,29)21-8-2-1-3-9-21/h1-3,8-9,12-15,18,22-24,27H,4-7,17H2/t22-,23+,24+/m1/s1. The van der Waals surface area contributed by atoms with Crippen LogP contribution in [0.1, 0.15) is 42.7 Å². The Bertz CT molecular complexity index is 1090. The molecule has 0 unspecified atom stereocenters. The largest absolute Gasteiger partial charge is 0.395 e. The number of nitriles is 1. The number of rotatable bonds is 4. The Morgan fingerprint density at radius 2 is 1.70 bits per heavy atom. The third-order valence-corrected chi connectivity index (χ3v) is 7.99. The van der Waals surface area contributed by atoms with Crippen LogP contribution in [0.3, 0.4) is 0 Å². The van der Waals surface area contributed by atoms with E-state index in [1.807, 2.05) is 24.3 Å². The highest BCUT2D eigenvalue weighted by Crippen LogP contribution is 2.43. The van der Waals surface area contributed by atoms with Crippen molar-refractivity contribution < 1.29 is 13.5 Å². The maximum atomic E-state index is 13.0. The van der Waals surface area contributed by atoms with E-state index in [-0.39, 0.29) is 17.4 Å². The second-order valence-electron chi connectivity index (χ2n) is 7.87. The predicted octanol–water partition coefficient (Wildman–Crippen LogP) is 3.27. The number of benzene rings is 2. The minimum atomic E-state index is -3.86. The molecule has 1 N–H and O–H groups in total. The third-order valence-electron chi connectivity index (χ3n) is 6.07. The van der Waals surface area contributed by atoms with Crippen molar-refractivity contribution in [3.63, 3.8) is 0 Å². The molecule has 30 heavy (non-hydrogen) atoms. The molecule has 1 aliphatic carbocycles. The van der Waals surface area contributed by atoms with Crippen molar-refractivity contribution in [2.75, 3.05) is 6.61 Å². The maximum absolute atomic E-state index is 13.0. The van der Waals surface area contributed by atoms with Crippen molar-refractivity contribution in [2.45, 2.75) is 48.6 Å². The Morgan fingerprint density at radius 3 is 2.30 bits per heavy atom. The van der Waals surface area contributed by atoms with E-state index in [0.29, 0.717) is 5.92 Å². The van der Waals surface area contributed by atoms with Crippen LogP contribution in [0.5, 0.6) is 0 Å². The lowest BCUT2D eigenvalue weighted by molar-refractivity contribution is 0.0557. The van der Waals surface area contributed by atoms with Gasteiger partial charge in [0.05, 0.1) is 23.6 Å². The average Bonchev–Trinajstić information content (AvgIpc) is 3.27. The topological polar surface area (TPSA) is 81.4 Å². The summed E-state index contributed by atoms with van der Waals surface area (Å²) in [5.74, 6) is 6.65. The van der Waals surface area contributed by atoms with Crippen LogP contribution < -0.4 is 0 Å². The van der Waals surface area contributed by atoms with Crippen LogP contribution >= 0.6 is 0 Å². The highest BCUT2D eigenvalue weighted by atomic mass is 32.2. The van der Waals surface area contributed by atoms with Crippen molar-refractivity contribution in [3.8, 4) is 17.9 Å². The van der Waals surface area contributed by atoms with E-state index in [0.717, 1.165) is 15.4 Å². The minimum absolute atomic E-state index is 0.125. The summed E-state index contributed by atoms with van der Waals surface area (Å²) in [4.78, 5) is 0.125. The fraction of sp³-hybridized carbons (Fsp3) is 0.375. The molecule has 1 saturated heterocycles. The molecule has 154 valence electrons. The van der Waals surface area contributed by atoms with Crippen LogP contribution in [-0.4, -0.2) is 36.5 Å². The van der Waals surface area contributed by atoms with Crippen LogP contribution in [-0.2, 0) is 10.0 Å². The van der Waals surface area contributed by atoms with Gasteiger partial charge in [-0.05, 0) is 42.7 Å². The lowest BCUT2D eigenvalue weighted by atomic mass is 9.78. The number of hydrogen-bond donors (Lipinski definition) is 1. The van der Waals surface area contributed by atoms with E-state index in [1.54, 1.807) is 18.2 Å². The second-order valence-corrected chi connectivity index (χ2v) is 9.71. The van der Waals surface area contributed by atoms with Crippen LogP contribution in [0.4, 0.5) is 0 Å². The van der Waals surface area contributed by atoms with Gasteiger partial charge in [-0.25, -0.2) is 8.42 Å². The summed E-state index contributed by atoms with van der Waals surface area (Å²) in [5, 5.41) is 19.6. The van der Waals surface area contributed by atoms with Gasteiger partial charge in [0, 0.05) is 17.4 Å².